The molecule has 0 unspecified atom stereocenters. The van der Waals surface area contributed by atoms with E-state index in [9.17, 15) is 9.59 Å². The number of carboxylic acids is 1. The van der Waals surface area contributed by atoms with Crippen molar-refractivity contribution in [2.24, 2.45) is 0 Å². The molecule has 1 amide bonds. The van der Waals surface area contributed by atoms with E-state index in [-0.39, 0.29) is 11.5 Å². The zero-order valence-corrected chi connectivity index (χ0v) is 9.85. The summed E-state index contributed by atoms with van der Waals surface area (Å²) < 4.78 is 5.00. The number of hydrogen-bond donors (Lipinski definition) is 2. The lowest BCUT2D eigenvalue weighted by Gasteiger charge is -2.21. The predicted octanol–water partition coefficient (Wildman–Crippen LogP) is 1.14. The molecule has 2 N–H and O–H groups in total. The Kier molecular flexibility index (Phi) is 3.80. The third-order valence-corrected chi connectivity index (χ3v) is 2.30. The van der Waals surface area contributed by atoms with E-state index in [1.165, 1.54) is 25.6 Å². The van der Waals surface area contributed by atoms with Crippen molar-refractivity contribution in [2.45, 2.75) is 19.4 Å². The van der Waals surface area contributed by atoms with Gasteiger partial charge in [0.15, 0.2) is 0 Å². The minimum absolute atomic E-state index is 0.0121. The highest BCUT2D eigenvalue weighted by molar-refractivity contribution is 5.97. The summed E-state index contributed by atoms with van der Waals surface area (Å²) in [5.74, 6) is -1.47. The molecule has 0 aliphatic carbocycles. The minimum Gasteiger partial charge on any atom is -0.478 e. The Hall–Kier alpha value is -1.95. The van der Waals surface area contributed by atoms with Crippen molar-refractivity contribution >= 4 is 17.6 Å². The Bertz CT molecular complexity index is 443. The van der Waals surface area contributed by atoms with Crippen LogP contribution in [0.15, 0.2) is 18.5 Å². The van der Waals surface area contributed by atoms with Crippen LogP contribution < -0.4 is 5.32 Å². The summed E-state index contributed by atoms with van der Waals surface area (Å²) in [6, 6.07) is 1.33. The summed E-state index contributed by atoms with van der Waals surface area (Å²) in [6.07, 6.45) is 2.58. The van der Waals surface area contributed by atoms with Gasteiger partial charge in [-0.05, 0) is 19.9 Å². The molecule has 0 radical (unpaired) electrons. The molecule has 0 fully saturated rings. The van der Waals surface area contributed by atoms with Gasteiger partial charge in [0.05, 0.1) is 17.4 Å². The van der Waals surface area contributed by atoms with Gasteiger partial charge in [-0.25, -0.2) is 4.79 Å². The highest BCUT2D eigenvalue weighted by Gasteiger charge is 2.27. The van der Waals surface area contributed by atoms with Gasteiger partial charge in [-0.3, -0.25) is 9.78 Å². The summed E-state index contributed by atoms with van der Waals surface area (Å²) >= 11 is 0. The van der Waals surface area contributed by atoms with E-state index in [0.717, 1.165) is 0 Å². The molecule has 0 atom stereocenters. The number of amides is 1. The first-order valence-corrected chi connectivity index (χ1v) is 4.92. The lowest BCUT2D eigenvalue weighted by molar-refractivity contribution is -0.133. The van der Waals surface area contributed by atoms with Gasteiger partial charge >= 0.3 is 5.97 Å². The van der Waals surface area contributed by atoms with Crippen LogP contribution in [0.3, 0.4) is 0 Å². The summed E-state index contributed by atoms with van der Waals surface area (Å²) in [6.45, 7) is 3.22. The quantitative estimate of drug-likeness (QED) is 0.821. The molecule has 0 bridgehead atoms. The van der Waals surface area contributed by atoms with E-state index in [2.05, 4.69) is 10.3 Å². The van der Waals surface area contributed by atoms with E-state index >= 15 is 0 Å². The molecule has 17 heavy (non-hydrogen) atoms. The Balaban J connectivity index is 2.86. The number of pyridine rings is 1. The Labute approximate surface area is 98.6 Å². The van der Waals surface area contributed by atoms with Crippen LogP contribution in [0.25, 0.3) is 0 Å². The van der Waals surface area contributed by atoms with Crippen molar-refractivity contribution in [2.75, 3.05) is 12.4 Å². The zero-order valence-electron chi connectivity index (χ0n) is 9.85. The summed E-state index contributed by atoms with van der Waals surface area (Å²) in [5.41, 5.74) is -0.655. The van der Waals surface area contributed by atoms with Crippen molar-refractivity contribution in [1.82, 2.24) is 4.98 Å². The number of nitrogens with zero attached hydrogens (tertiary/aromatic N) is 1. The van der Waals surface area contributed by atoms with E-state index in [0.29, 0.717) is 5.69 Å². The van der Waals surface area contributed by atoms with Crippen molar-refractivity contribution < 1.29 is 19.4 Å². The number of aromatic carboxylic acids is 1. The fourth-order valence-electron chi connectivity index (χ4n) is 1.000. The summed E-state index contributed by atoms with van der Waals surface area (Å²) in [4.78, 5) is 26.2. The van der Waals surface area contributed by atoms with Gasteiger partial charge < -0.3 is 15.2 Å². The number of rotatable bonds is 4. The third kappa shape index (κ3) is 3.25. The standard InChI is InChI=1S/C11H14N2O4/c1-11(2,17-3)10(16)13-8-4-7(9(14)15)5-12-6-8/h4-6H,1-3H3,(H,13,16)(H,14,15). The number of carbonyl (C=O) groups is 2. The third-order valence-electron chi connectivity index (χ3n) is 2.30. The normalized spacial score (nSPS) is 11.0. The molecule has 1 rings (SSSR count). The van der Waals surface area contributed by atoms with Crippen LogP contribution in [0, 0.1) is 0 Å². The summed E-state index contributed by atoms with van der Waals surface area (Å²) in [5, 5.41) is 11.3. The van der Waals surface area contributed by atoms with Gasteiger partial charge in [0, 0.05) is 13.3 Å². The topological polar surface area (TPSA) is 88.5 Å². The molecule has 6 nitrogen and oxygen atoms in total. The number of nitrogens with one attached hydrogen (secondary N) is 1. The second-order valence-electron chi connectivity index (χ2n) is 3.94. The molecule has 0 aromatic carbocycles. The highest BCUT2D eigenvalue weighted by Crippen LogP contribution is 2.14. The maximum absolute atomic E-state index is 11.7. The molecule has 6 heteroatoms. The molecule has 0 aliphatic rings. The van der Waals surface area contributed by atoms with Crippen LogP contribution in [0.2, 0.25) is 0 Å². The maximum atomic E-state index is 11.7. The van der Waals surface area contributed by atoms with Crippen molar-refractivity contribution in [3.8, 4) is 0 Å². The monoisotopic (exact) mass is 238 g/mol. The van der Waals surface area contributed by atoms with Crippen molar-refractivity contribution in [3.05, 3.63) is 24.0 Å². The van der Waals surface area contributed by atoms with E-state index in [1.807, 2.05) is 0 Å². The lowest BCUT2D eigenvalue weighted by Crippen LogP contribution is -2.38. The van der Waals surface area contributed by atoms with Crippen molar-refractivity contribution in [1.29, 1.82) is 0 Å². The maximum Gasteiger partial charge on any atom is 0.337 e. The molecule has 0 saturated heterocycles. The van der Waals surface area contributed by atoms with Crippen LogP contribution in [-0.2, 0) is 9.53 Å². The van der Waals surface area contributed by atoms with Gasteiger partial charge in [-0.15, -0.1) is 0 Å². The molecule has 1 aromatic heterocycles. The molecule has 0 spiro atoms. The number of carbonyl (C=O) groups excluding carboxylic acids is 1. The van der Waals surface area contributed by atoms with Crippen LogP contribution in [0.1, 0.15) is 24.2 Å². The van der Waals surface area contributed by atoms with Gasteiger partial charge in [0.2, 0.25) is 0 Å². The molecule has 0 saturated carbocycles. The number of methoxy groups -OCH3 is 1. The van der Waals surface area contributed by atoms with Crippen LogP contribution in [0.4, 0.5) is 5.69 Å². The molecular weight excluding hydrogens is 224 g/mol. The first-order chi connectivity index (χ1) is 7.86. The molecule has 1 aromatic rings. The molecule has 92 valence electrons. The number of aromatic nitrogens is 1. The first-order valence-electron chi connectivity index (χ1n) is 4.92. The average molecular weight is 238 g/mol. The van der Waals surface area contributed by atoms with Crippen LogP contribution in [-0.4, -0.2) is 34.7 Å². The van der Waals surface area contributed by atoms with Gasteiger partial charge in [0.1, 0.15) is 5.60 Å². The number of anilines is 1. The van der Waals surface area contributed by atoms with E-state index in [1.54, 1.807) is 13.8 Å². The second kappa shape index (κ2) is 4.92. The first kappa shape index (κ1) is 13.1. The van der Waals surface area contributed by atoms with Crippen molar-refractivity contribution in [3.63, 3.8) is 0 Å². The number of carboxylic acid groups (broad SMARTS) is 1. The zero-order chi connectivity index (χ0) is 13.1. The fraction of sp³-hybridized carbons (Fsp3) is 0.364. The van der Waals surface area contributed by atoms with Gasteiger partial charge in [-0.1, -0.05) is 0 Å². The second-order valence-corrected chi connectivity index (χ2v) is 3.94. The SMILES string of the molecule is COC(C)(C)C(=O)Nc1cncc(C(=O)O)c1. The van der Waals surface area contributed by atoms with Crippen LogP contribution >= 0.6 is 0 Å². The van der Waals surface area contributed by atoms with E-state index < -0.39 is 11.6 Å². The van der Waals surface area contributed by atoms with Gasteiger partial charge in [-0.2, -0.15) is 0 Å². The van der Waals surface area contributed by atoms with E-state index in [4.69, 9.17) is 9.84 Å². The average Bonchev–Trinajstić information content (AvgIpc) is 2.29. The van der Waals surface area contributed by atoms with Crippen LogP contribution in [0.5, 0.6) is 0 Å². The van der Waals surface area contributed by atoms with Gasteiger partial charge in [0.25, 0.3) is 5.91 Å². The smallest absolute Gasteiger partial charge is 0.337 e. The fourth-order valence-corrected chi connectivity index (χ4v) is 1.000. The lowest BCUT2D eigenvalue weighted by atomic mass is 10.1. The Morgan fingerprint density at radius 3 is 2.59 bits per heavy atom. The minimum atomic E-state index is -1.10. The predicted molar refractivity (Wildman–Crippen MR) is 60.9 cm³/mol. The molecule has 0 aliphatic heterocycles. The largest absolute Gasteiger partial charge is 0.478 e. The number of ether oxygens (including phenoxy) is 1. The number of hydrogen-bond acceptors (Lipinski definition) is 4. The Morgan fingerprint density at radius 1 is 1.41 bits per heavy atom. The highest BCUT2D eigenvalue weighted by atomic mass is 16.5. The molecular formula is C11H14N2O4. The molecule has 1 heterocycles. The summed E-state index contributed by atoms with van der Waals surface area (Å²) in [7, 11) is 1.42. The Morgan fingerprint density at radius 2 is 2.06 bits per heavy atom.